The fraction of sp³-hybridized carbons (Fsp3) is 0.273. The van der Waals surface area contributed by atoms with Gasteiger partial charge in [-0.25, -0.2) is 0 Å². The lowest BCUT2D eigenvalue weighted by atomic mass is 10.2. The molecule has 0 spiro atoms. The number of phenols is 1. The molecule has 0 aliphatic carbocycles. The molecule has 0 aromatic heterocycles. The van der Waals surface area contributed by atoms with E-state index in [2.05, 4.69) is 15.6 Å². The summed E-state index contributed by atoms with van der Waals surface area (Å²) >= 11 is 0. The van der Waals surface area contributed by atoms with Crippen molar-refractivity contribution >= 4 is 28.8 Å². The van der Waals surface area contributed by atoms with Crippen molar-refractivity contribution in [2.45, 2.75) is 0 Å². The predicted molar refractivity (Wildman–Crippen MR) is 76.3 cm³/mol. The highest BCUT2D eigenvalue weighted by atomic mass is 79.9. The van der Waals surface area contributed by atoms with Gasteiger partial charge in [0, 0.05) is 25.7 Å². The molecule has 7 heteroatoms. The van der Waals surface area contributed by atoms with Crippen LogP contribution in [0.3, 0.4) is 0 Å². The van der Waals surface area contributed by atoms with E-state index in [1.54, 1.807) is 19.2 Å². The Bertz CT molecular complexity index is 406. The van der Waals surface area contributed by atoms with E-state index in [-0.39, 0.29) is 28.6 Å². The molecular formula is C11H17BrN4O2. The minimum atomic E-state index is -0.196. The number of carbonyl (C=O) groups excluding carboxylic acids is 1. The second kappa shape index (κ2) is 8.35. The summed E-state index contributed by atoms with van der Waals surface area (Å²) < 4.78 is 0. The summed E-state index contributed by atoms with van der Waals surface area (Å²) in [6.45, 7) is 0.947. The van der Waals surface area contributed by atoms with Gasteiger partial charge in [-0.1, -0.05) is 0 Å². The first-order valence-electron chi connectivity index (χ1n) is 5.17. The number of aromatic hydroxyl groups is 1. The van der Waals surface area contributed by atoms with Gasteiger partial charge in [0.05, 0.1) is 0 Å². The summed E-state index contributed by atoms with van der Waals surface area (Å²) in [6.07, 6.45) is 0. The van der Waals surface area contributed by atoms with E-state index >= 15 is 0 Å². The van der Waals surface area contributed by atoms with Crippen LogP contribution in [-0.4, -0.2) is 37.1 Å². The number of phenolic OH excluding ortho intramolecular Hbond substituents is 1. The van der Waals surface area contributed by atoms with E-state index in [4.69, 9.17) is 10.8 Å². The van der Waals surface area contributed by atoms with Gasteiger partial charge in [-0.15, -0.1) is 17.0 Å². The molecule has 0 saturated heterocycles. The van der Waals surface area contributed by atoms with Gasteiger partial charge in [0.2, 0.25) is 0 Å². The van der Waals surface area contributed by atoms with Crippen molar-refractivity contribution in [1.29, 1.82) is 0 Å². The molecule has 0 saturated carbocycles. The highest BCUT2D eigenvalue weighted by Crippen LogP contribution is 2.08. The number of rotatable bonds is 4. The molecule has 0 bridgehead atoms. The van der Waals surface area contributed by atoms with Crippen molar-refractivity contribution in [3.05, 3.63) is 29.8 Å². The number of nitrogens with zero attached hydrogens (tertiary/aromatic N) is 1. The zero-order chi connectivity index (χ0) is 12.7. The summed E-state index contributed by atoms with van der Waals surface area (Å²) in [5, 5.41) is 14.6. The van der Waals surface area contributed by atoms with E-state index in [9.17, 15) is 4.79 Å². The molecular weight excluding hydrogens is 300 g/mol. The highest BCUT2D eigenvalue weighted by molar-refractivity contribution is 8.93. The maximum absolute atomic E-state index is 11.6. The predicted octanol–water partition coefficient (Wildman–Crippen LogP) is 0.234. The molecule has 0 radical (unpaired) electrons. The van der Waals surface area contributed by atoms with Gasteiger partial charge < -0.3 is 21.5 Å². The van der Waals surface area contributed by atoms with Crippen LogP contribution in [-0.2, 0) is 0 Å². The van der Waals surface area contributed by atoms with Crippen LogP contribution in [0, 0.1) is 0 Å². The van der Waals surface area contributed by atoms with E-state index in [1.807, 2.05) is 0 Å². The maximum Gasteiger partial charge on any atom is 0.251 e. The number of carbonyl (C=O) groups is 1. The number of guanidine groups is 1. The Kier molecular flexibility index (Phi) is 7.53. The lowest BCUT2D eigenvalue weighted by Gasteiger charge is -2.07. The Morgan fingerprint density at radius 3 is 2.39 bits per heavy atom. The topological polar surface area (TPSA) is 99.7 Å². The molecule has 100 valence electrons. The number of hydrogen-bond donors (Lipinski definition) is 4. The molecule has 6 nitrogen and oxygen atoms in total. The van der Waals surface area contributed by atoms with E-state index in [0.29, 0.717) is 24.6 Å². The van der Waals surface area contributed by atoms with Crippen molar-refractivity contribution in [3.8, 4) is 5.75 Å². The number of aliphatic imine (C=N–C) groups is 1. The monoisotopic (exact) mass is 316 g/mol. The Labute approximate surface area is 116 Å². The van der Waals surface area contributed by atoms with Crippen LogP contribution in [0.2, 0.25) is 0 Å². The molecule has 0 heterocycles. The van der Waals surface area contributed by atoms with Crippen LogP contribution in [0.5, 0.6) is 5.75 Å². The third kappa shape index (κ3) is 5.53. The zero-order valence-electron chi connectivity index (χ0n) is 10.0. The van der Waals surface area contributed by atoms with Crippen LogP contribution in [0.1, 0.15) is 10.4 Å². The Morgan fingerprint density at radius 1 is 1.28 bits per heavy atom. The van der Waals surface area contributed by atoms with Crippen molar-refractivity contribution in [1.82, 2.24) is 10.6 Å². The van der Waals surface area contributed by atoms with Crippen LogP contribution in [0.4, 0.5) is 0 Å². The number of hydrogen-bond acceptors (Lipinski definition) is 3. The van der Waals surface area contributed by atoms with Gasteiger partial charge in [-0.05, 0) is 24.3 Å². The normalized spacial score (nSPS) is 10.4. The molecule has 0 atom stereocenters. The fourth-order valence-corrected chi connectivity index (χ4v) is 1.16. The minimum absolute atomic E-state index is 0. The first kappa shape index (κ1) is 16.2. The fourth-order valence-electron chi connectivity index (χ4n) is 1.16. The molecule has 0 aliphatic rings. The lowest BCUT2D eigenvalue weighted by Crippen LogP contribution is -2.38. The van der Waals surface area contributed by atoms with Gasteiger partial charge >= 0.3 is 0 Å². The lowest BCUT2D eigenvalue weighted by molar-refractivity contribution is 0.0954. The van der Waals surface area contributed by atoms with E-state index in [1.165, 1.54) is 12.1 Å². The van der Waals surface area contributed by atoms with Gasteiger partial charge in [0.1, 0.15) is 5.75 Å². The molecule has 1 rings (SSSR count). The number of nitrogens with two attached hydrogens (primary N) is 1. The second-order valence-corrected chi connectivity index (χ2v) is 3.34. The van der Waals surface area contributed by atoms with Crippen LogP contribution in [0.25, 0.3) is 0 Å². The molecule has 5 N–H and O–H groups in total. The maximum atomic E-state index is 11.6. The summed E-state index contributed by atoms with van der Waals surface area (Å²) in [5.74, 6) is 0.276. The number of benzene rings is 1. The van der Waals surface area contributed by atoms with Crippen LogP contribution in [0.15, 0.2) is 29.3 Å². The minimum Gasteiger partial charge on any atom is -0.508 e. The quantitative estimate of drug-likeness (QED) is 0.363. The van der Waals surface area contributed by atoms with Crippen LogP contribution < -0.4 is 16.4 Å². The standard InChI is InChI=1S/C11H16N4O2.BrH/c1-13-11(12)15-7-6-14-10(17)8-2-4-9(16)5-3-8;/h2-5,16H,6-7H2,1H3,(H,14,17)(H3,12,13,15);1H. The largest absolute Gasteiger partial charge is 0.508 e. The van der Waals surface area contributed by atoms with Crippen molar-refractivity contribution in [2.24, 2.45) is 10.7 Å². The van der Waals surface area contributed by atoms with Gasteiger partial charge in [-0.3, -0.25) is 9.79 Å². The average molecular weight is 317 g/mol. The summed E-state index contributed by atoms with van der Waals surface area (Å²) in [4.78, 5) is 15.3. The third-order valence-corrected chi connectivity index (χ3v) is 2.09. The summed E-state index contributed by atoms with van der Waals surface area (Å²) in [7, 11) is 1.58. The Morgan fingerprint density at radius 2 is 1.83 bits per heavy atom. The first-order valence-corrected chi connectivity index (χ1v) is 5.17. The molecule has 18 heavy (non-hydrogen) atoms. The first-order chi connectivity index (χ1) is 8.13. The van der Waals surface area contributed by atoms with Crippen molar-refractivity contribution in [2.75, 3.05) is 20.1 Å². The number of amides is 1. The number of halogens is 1. The Hall–Kier alpha value is -1.76. The van der Waals surface area contributed by atoms with E-state index < -0.39 is 0 Å². The van der Waals surface area contributed by atoms with Gasteiger partial charge in [0.25, 0.3) is 5.91 Å². The molecule has 1 aromatic rings. The van der Waals surface area contributed by atoms with Crippen molar-refractivity contribution < 1.29 is 9.90 Å². The van der Waals surface area contributed by atoms with Gasteiger partial charge in [-0.2, -0.15) is 0 Å². The van der Waals surface area contributed by atoms with Crippen LogP contribution >= 0.6 is 17.0 Å². The Balaban J connectivity index is 0.00000289. The molecule has 1 aromatic carbocycles. The molecule has 0 fully saturated rings. The zero-order valence-corrected chi connectivity index (χ0v) is 11.7. The third-order valence-electron chi connectivity index (χ3n) is 2.09. The van der Waals surface area contributed by atoms with Crippen molar-refractivity contribution in [3.63, 3.8) is 0 Å². The molecule has 1 amide bonds. The smallest absolute Gasteiger partial charge is 0.251 e. The average Bonchev–Trinajstić information content (AvgIpc) is 2.34. The number of nitrogens with one attached hydrogen (secondary N) is 2. The summed E-state index contributed by atoms with van der Waals surface area (Å²) in [6, 6.07) is 6.05. The highest BCUT2D eigenvalue weighted by Gasteiger charge is 2.03. The molecule has 0 aliphatic heterocycles. The molecule has 0 unspecified atom stereocenters. The van der Waals surface area contributed by atoms with E-state index in [0.717, 1.165) is 0 Å². The van der Waals surface area contributed by atoms with Gasteiger partial charge in [0.15, 0.2) is 5.96 Å². The summed E-state index contributed by atoms with van der Waals surface area (Å²) in [5.41, 5.74) is 5.92. The second-order valence-electron chi connectivity index (χ2n) is 3.34. The SMILES string of the molecule is Br.CN=C(N)NCCNC(=O)c1ccc(O)cc1.